The highest BCUT2D eigenvalue weighted by atomic mass is 19.1. The maximum Gasteiger partial charge on any atom is 0.230 e. The van der Waals surface area contributed by atoms with Crippen molar-refractivity contribution in [3.05, 3.63) is 64.6 Å². The number of tetrazole rings is 1. The molecule has 2 aromatic heterocycles. The predicted octanol–water partition coefficient (Wildman–Crippen LogP) is 1.52. The first kappa shape index (κ1) is 22.6. The third-order valence-corrected chi connectivity index (χ3v) is 7.36. The van der Waals surface area contributed by atoms with Crippen molar-refractivity contribution in [1.82, 2.24) is 35.0 Å². The lowest BCUT2D eigenvalue weighted by Gasteiger charge is -2.46. The van der Waals surface area contributed by atoms with Gasteiger partial charge >= 0.3 is 0 Å². The number of hydrogen-bond acceptors (Lipinski definition) is 8. The van der Waals surface area contributed by atoms with Crippen molar-refractivity contribution in [3.63, 3.8) is 0 Å². The summed E-state index contributed by atoms with van der Waals surface area (Å²) in [6.07, 6.45) is 4.14. The molecule has 1 aliphatic carbocycles. The van der Waals surface area contributed by atoms with Crippen molar-refractivity contribution in [2.24, 2.45) is 0 Å². The number of rotatable bonds is 3. The Morgan fingerprint density at radius 1 is 1.19 bits per heavy atom. The van der Waals surface area contributed by atoms with Crippen LogP contribution in [0.15, 0.2) is 30.7 Å². The van der Waals surface area contributed by atoms with Gasteiger partial charge < -0.3 is 9.64 Å². The highest BCUT2D eigenvalue weighted by Crippen LogP contribution is 2.36. The molecule has 36 heavy (non-hydrogen) atoms. The Balaban J connectivity index is 1.12. The van der Waals surface area contributed by atoms with Crippen LogP contribution in [0.2, 0.25) is 0 Å². The molecule has 1 unspecified atom stereocenters. The van der Waals surface area contributed by atoms with Crippen LogP contribution in [-0.2, 0) is 16.0 Å². The fourth-order valence-electron chi connectivity index (χ4n) is 5.44. The molecule has 6 rings (SSSR count). The third-order valence-electron chi connectivity index (χ3n) is 7.36. The zero-order valence-electron chi connectivity index (χ0n) is 19.2. The smallest absolute Gasteiger partial charge is 0.230 e. The van der Waals surface area contributed by atoms with Gasteiger partial charge in [0.15, 0.2) is 5.82 Å². The van der Waals surface area contributed by atoms with Crippen molar-refractivity contribution >= 4 is 5.91 Å². The number of pyridine rings is 1. The van der Waals surface area contributed by atoms with E-state index < -0.39 is 23.3 Å². The summed E-state index contributed by atoms with van der Waals surface area (Å²) < 4.78 is 35.8. The van der Waals surface area contributed by atoms with E-state index in [1.807, 2.05) is 11.0 Å². The number of aryl methyl sites for hydroxylation is 1. The number of ether oxygens (including phenoxy) is 1. The Bertz CT molecular complexity index is 1360. The number of hydrogen-bond donors (Lipinski definition) is 0. The second kappa shape index (κ2) is 9.00. The Labute approximate surface area is 205 Å². The summed E-state index contributed by atoms with van der Waals surface area (Å²) in [7, 11) is 0. The molecule has 0 bridgehead atoms. The molecule has 0 saturated carbocycles. The zero-order valence-corrected chi connectivity index (χ0v) is 19.2. The zero-order chi connectivity index (χ0) is 24.8. The molecule has 184 valence electrons. The first-order valence-electron chi connectivity index (χ1n) is 11.8. The van der Waals surface area contributed by atoms with E-state index in [-0.39, 0.29) is 23.4 Å². The number of fused-ring (bicyclic) bond motifs is 2. The number of benzene rings is 1. The van der Waals surface area contributed by atoms with Crippen LogP contribution in [0.3, 0.4) is 0 Å². The SMILES string of the molecule is N#Cc1c(F)ccc([C@@H]2CN3CCN(C(=O)C4CCc5cc(-n6cnnn6)ncc54)C[C@H]3CO2)c1F. The van der Waals surface area contributed by atoms with E-state index >= 15 is 0 Å². The fourth-order valence-corrected chi connectivity index (χ4v) is 5.44. The van der Waals surface area contributed by atoms with Gasteiger partial charge in [-0.3, -0.25) is 9.69 Å². The lowest BCUT2D eigenvalue weighted by atomic mass is 9.98. The van der Waals surface area contributed by atoms with E-state index in [2.05, 4.69) is 25.4 Å². The van der Waals surface area contributed by atoms with Gasteiger partial charge in [0.2, 0.25) is 5.91 Å². The highest BCUT2D eigenvalue weighted by molar-refractivity contribution is 5.85. The highest BCUT2D eigenvalue weighted by Gasteiger charge is 2.39. The monoisotopic (exact) mass is 492 g/mol. The van der Waals surface area contributed by atoms with Gasteiger partial charge in [-0.05, 0) is 46.5 Å². The summed E-state index contributed by atoms with van der Waals surface area (Å²) in [5.41, 5.74) is 1.61. The molecule has 2 aliphatic heterocycles. The largest absolute Gasteiger partial charge is 0.370 e. The number of carbonyl (C=O) groups is 1. The molecule has 0 N–H and O–H groups in total. The van der Waals surface area contributed by atoms with E-state index in [4.69, 9.17) is 10.00 Å². The van der Waals surface area contributed by atoms with E-state index in [1.165, 1.54) is 17.1 Å². The van der Waals surface area contributed by atoms with Gasteiger partial charge in [-0.1, -0.05) is 6.07 Å². The van der Waals surface area contributed by atoms with Crippen LogP contribution >= 0.6 is 0 Å². The Kier molecular flexibility index (Phi) is 5.66. The van der Waals surface area contributed by atoms with Crippen LogP contribution in [0, 0.1) is 23.0 Å². The van der Waals surface area contributed by atoms with Gasteiger partial charge in [0, 0.05) is 37.9 Å². The summed E-state index contributed by atoms with van der Waals surface area (Å²) in [5.74, 6) is -1.29. The van der Waals surface area contributed by atoms with Gasteiger partial charge in [-0.15, -0.1) is 5.10 Å². The minimum atomic E-state index is -0.880. The lowest BCUT2D eigenvalue weighted by Crippen LogP contribution is -2.60. The van der Waals surface area contributed by atoms with Gasteiger partial charge in [0.05, 0.1) is 24.7 Å². The number of nitriles is 1. The maximum absolute atomic E-state index is 14.7. The topological polar surface area (TPSA) is 113 Å². The Morgan fingerprint density at radius 2 is 2.08 bits per heavy atom. The minimum Gasteiger partial charge on any atom is -0.370 e. The van der Waals surface area contributed by atoms with Crippen molar-refractivity contribution < 1.29 is 18.3 Å². The average Bonchev–Trinajstić information content (AvgIpc) is 3.58. The second-order valence-electron chi connectivity index (χ2n) is 9.28. The van der Waals surface area contributed by atoms with E-state index in [1.54, 1.807) is 12.3 Å². The molecule has 12 heteroatoms. The van der Waals surface area contributed by atoms with Gasteiger partial charge in [-0.25, -0.2) is 13.8 Å². The minimum absolute atomic E-state index is 0.0147. The van der Waals surface area contributed by atoms with Gasteiger partial charge in [-0.2, -0.15) is 9.94 Å². The van der Waals surface area contributed by atoms with E-state index in [0.29, 0.717) is 38.6 Å². The average molecular weight is 492 g/mol. The molecule has 10 nitrogen and oxygen atoms in total. The van der Waals surface area contributed by atoms with Crippen LogP contribution in [-0.4, -0.2) is 79.7 Å². The molecular formula is C24H22F2N8O2. The molecule has 1 aromatic carbocycles. The molecule has 2 saturated heterocycles. The molecule has 3 aliphatic rings. The number of nitrogens with zero attached hydrogens (tertiary/aromatic N) is 8. The first-order valence-corrected chi connectivity index (χ1v) is 11.8. The summed E-state index contributed by atoms with van der Waals surface area (Å²) >= 11 is 0. The lowest BCUT2D eigenvalue weighted by molar-refractivity contribution is -0.141. The molecule has 3 aromatic rings. The van der Waals surface area contributed by atoms with Crippen LogP contribution in [0.5, 0.6) is 0 Å². The molecule has 0 radical (unpaired) electrons. The summed E-state index contributed by atoms with van der Waals surface area (Å²) in [4.78, 5) is 22.0. The number of morpholine rings is 1. The van der Waals surface area contributed by atoms with Crippen LogP contribution in [0.4, 0.5) is 8.78 Å². The van der Waals surface area contributed by atoms with E-state index in [9.17, 15) is 13.6 Å². The van der Waals surface area contributed by atoms with Gasteiger partial charge in [0.25, 0.3) is 0 Å². The molecule has 4 heterocycles. The van der Waals surface area contributed by atoms with Crippen molar-refractivity contribution in [1.29, 1.82) is 5.26 Å². The fraction of sp³-hybridized carbons (Fsp3) is 0.417. The summed E-state index contributed by atoms with van der Waals surface area (Å²) in [6.45, 7) is 2.42. The van der Waals surface area contributed by atoms with Gasteiger partial charge in [0.1, 0.15) is 29.6 Å². The first-order chi connectivity index (χ1) is 17.5. The number of carbonyl (C=O) groups excluding carboxylic acids is 1. The molecule has 3 atom stereocenters. The molecule has 1 amide bonds. The standard InChI is InChI=1S/C24H22F2N8O2/c25-20-4-3-17(23(26)18(20)8-27)21-11-32-5-6-33(10-15(32)12-36-21)24(35)16-2-1-14-7-22(28-9-19(14)16)34-13-29-30-31-34/h3-4,7,9,13,15-16,21H,1-2,5-6,10-12H2/t15-,16?,21-/m0/s1. The predicted molar refractivity (Wildman–Crippen MR) is 120 cm³/mol. The van der Waals surface area contributed by atoms with E-state index in [0.717, 1.165) is 30.0 Å². The third kappa shape index (κ3) is 3.81. The Hall–Kier alpha value is -3.82. The van der Waals surface area contributed by atoms with Crippen molar-refractivity contribution in [3.8, 4) is 11.9 Å². The quantitative estimate of drug-likeness (QED) is 0.541. The molecular weight excluding hydrogens is 470 g/mol. The summed E-state index contributed by atoms with van der Waals surface area (Å²) in [6, 6.07) is 5.94. The molecule has 0 spiro atoms. The number of halogens is 2. The number of aromatic nitrogens is 5. The van der Waals surface area contributed by atoms with Crippen LogP contribution in [0.1, 0.15) is 40.7 Å². The maximum atomic E-state index is 14.7. The van der Waals surface area contributed by atoms with Crippen molar-refractivity contribution in [2.45, 2.75) is 30.9 Å². The Morgan fingerprint density at radius 3 is 2.89 bits per heavy atom. The second-order valence-corrected chi connectivity index (χ2v) is 9.28. The number of piperazine rings is 1. The normalized spacial score (nSPS) is 23.7. The van der Waals surface area contributed by atoms with Crippen LogP contribution in [0.25, 0.3) is 5.82 Å². The van der Waals surface area contributed by atoms with Crippen LogP contribution < -0.4 is 0 Å². The number of amides is 1. The molecule has 2 fully saturated rings. The van der Waals surface area contributed by atoms with Crippen molar-refractivity contribution in [2.75, 3.05) is 32.8 Å². The summed E-state index contributed by atoms with van der Waals surface area (Å²) in [5, 5.41) is 20.2.